The van der Waals surface area contributed by atoms with Crippen LogP contribution in [-0.4, -0.2) is 17.2 Å². The van der Waals surface area contributed by atoms with Gasteiger partial charge in [0.25, 0.3) is 0 Å². The molecule has 0 bridgehead atoms. The van der Waals surface area contributed by atoms with Crippen LogP contribution in [0.2, 0.25) is 0 Å². The molecule has 0 radical (unpaired) electrons. The van der Waals surface area contributed by atoms with Gasteiger partial charge < -0.3 is 10.5 Å². The van der Waals surface area contributed by atoms with Crippen molar-refractivity contribution >= 4 is 17.2 Å². The largest absolute Gasteiger partial charge is 0.393 e. The van der Waals surface area contributed by atoms with Gasteiger partial charge >= 0.3 is 0 Å². The van der Waals surface area contributed by atoms with E-state index in [4.69, 9.17) is 22.7 Å². The molecule has 0 saturated heterocycles. The fourth-order valence-corrected chi connectivity index (χ4v) is 1.89. The summed E-state index contributed by atoms with van der Waals surface area (Å²) in [6.45, 7) is 6.38. The molecule has 2 N–H and O–H groups in total. The third-order valence-corrected chi connectivity index (χ3v) is 2.58. The molecule has 0 aromatic carbocycles. The Kier molecular flexibility index (Phi) is 9.01. The molecule has 2 atom stereocenters. The molecule has 15 heavy (non-hydrogen) atoms. The lowest BCUT2D eigenvalue weighted by molar-refractivity contribution is 0.00715. The van der Waals surface area contributed by atoms with E-state index in [9.17, 15) is 0 Å². The third kappa shape index (κ3) is 10.1. The quantitative estimate of drug-likeness (QED) is 0.488. The Morgan fingerprint density at radius 1 is 1.20 bits per heavy atom. The summed E-state index contributed by atoms with van der Waals surface area (Å²) in [5.41, 5.74) is 5.46. The van der Waals surface area contributed by atoms with E-state index < -0.39 is 0 Å². The Balaban J connectivity index is 3.46. The zero-order chi connectivity index (χ0) is 11.7. The van der Waals surface area contributed by atoms with Crippen molar-refractivity contribution < 1.29 is 4.74 Å². The van der Waals surface area contributed by atoms with Crippen molar-refractivity contribution in [2.75, 3.05) is 0 Å². The van der Waals surface area contributed by atoms with Crippen molar-refractivity contribution in [1.29, 1.82) is 0 Å². The van der Waals surface area contributed by atoms with Gasteiger partial charge in [0.2, 0.25) is 0 Å². The molecule has 90 valence electrons. The summed E-state index contributed by atoms with van der Waals surface area (Å²) in [6.07, 6.45) is 7.50. The topological polar surface area (TPSA) is 35.2 Å². The van der Waals surface area contributed by atoms with Gasteiger partial charge in [-0.25, -0.2) is 0 Å². The maximum atomic E-state index is 5.77. The van der Waals surface area contributed by atoms with Crippen LogP contribution in [0.25, 0.3) is 0 Å². The second kappa shape index (κ2) is 9.10. The van der Waals surface area contributed by atoms with E-state index in [1.54, 1.807) is 0 Å². The molecular formula is C12H25NOS. The number of ether oxygens (including phenoxy) is 1. The van der Waals surface area contributed by atoms with Crippen LogP contribution >= 0.6 is 12.2 Å². The molecule has 3 heteroatoms. The lowest BCUT2D eigenvalue weighted by atomic mass is 10.1. The minimum absolute atomic E-state index is 0.156. The first-order valence-electron chi connectivity index (χ1n) is 6.00. The minimum atomic E-state index is 0.156. The fraction of sp³-hybridized carbons (Fsp3) is 0.917. The molecule has 0 aromatic heterocycles. The zero-order valence-electron chi connectivity index (χ0n) is 10.3. The zero-order valence-corrected chi connectivity index (χ0v) is 11.1. The first kappa shape index (κ1) is 14.8. The van der Waals surface area contributed by atoms with E-state index in [1.807, 2.05) is 6.92 Å². The van der Waals surface area contributed by atoms with Crippen LogP contribution in [0.5, 0.6) is 0 Å². The molecule has 0 aromatic rings. The summed E-state index contributed by atoms with van der Waals surface area (Å²) < 4.78 is 5.77. The van der Waals surface area contributed by atoms with E-state index in [-0.39, 0.29) is 6.10 Å². The van der Waals surface area contributed by atoms with Crippen molar-refractivity contribution in [3.8, 4) is 0 Å². The summed E-state index contributed by atoms with van der Waals surface area (Å²) in [4.78, 5) is 0.542. The van der Waals surface area contributed by atoms with Crippen molar-refractivity contribution in [2.45, 2.75) is 71.5 Å². The van der Waals surface area contributed by atoms with E-state index in [0.717, 1.165) is 6.42 Å². The molecule has 0 saturated carbocycles. The van der Waals surface area contributed by atoms with Crippen LogP contribution in [0.1, 0.15) is 59.3 Å². The molecule has 0 fully saturated rings. The van der Waals surface area contributed by atoms with E-state index >= 15 is 0 Å². The highest BCUT2D eigenvalue weighted by Gasteiger charge is 2.09. The number of hydrogen-bond donors (Lipinski definition) is 1. The number of hydrogen-bond acceptors (Lipinski definition) is 2. The summed E-state index contributed by atoms with van der Waals surface area (Å²) >= 11 is 4.84. The Bertz CT molecular complexity index is 173. The Morgan fingerprint density at radius 2 is 1.87 bits per heavy atom. The van der Waals surface area contributed by atoms with Gasteiger partial charge in [0, 0.05) is 6.42 Å². The van der Waals surface area contributed by atoms with Crippen LogP contribution < -0.4 is 5.73 Å². The molecule has 0 aliphatic heterocycles. The summed E-state index contributed by atoms with van der Waals surface area (Å²) in [5, 5.41) is 0. The molecule has 0 amide bonds. The SMILES string of the molecule is CCCCCCC(C)OC(C)CC(N)=S. The first-order valence-corrected chi connectivity index (χ1v) is 6.40. The van der Waals surface area contributed by atoms with Crippen molar-refractivity contribution in [2.24, 2.45) is 5.73 Å². The maximum absolute atomic E-state index is 5.77. The Labute approximate surface area is 99.6 Å². The predicted octanol–water partition coefficient (Wildman–Crippen LogP) is 3.43. The molecule has 0 heterocycles. The lowest BCUT2D eigenvalue weighted by Crippen LogP contribution is -2.22. The molecule has 2 unspecified atom stereocenters. The highest BCUT2D eigenvalue weighted by Crippen LogP contribution is 2.11. The highest BCUT2D eigenvalue weighted by atomic mass is 32.1. The molecule has 0 aliphatic rings. The number of thiocarbonyl (C=S) groups is 1. The predicted molar refractivity (Wildman–Crippen MR) is 70.2 cm³/mol. The number of nitrogens with two attached hydrogens (primary N) is 1. The van der Waals surface area contributed by atoms with E-state index in [2.05, 4.69) is 13.8 Å². The second-order valence-electron chi connectivity index (χ2n) is 4.28. The molecule has 0 rings (SSSR count). The maximum Gasteiger partial charge on any atom is 0.0753 e. The van der Waals surface area contributed by atoms with Crippen LogP contribution in [0, 0.1) is 0 Å². The van der Waals surface area contributed by atoms with Crippen LogP contribution in [0.4, 0.5) is 0 Å². The average Bonchev–Trinajstić information content (AvgIpc) is 2.10. The number of unbranched alkanes of at least 4 members (excludes halogenated alkanes) is 3. The normalized spacial score (nSPS) is 14.9. The van der Waals surface area contributed by atoms with Gasteiger partial charge in [-0.1, -0.05) is 44.8 Å². The average molecular weight is 231 g/mol. The van der Waals surface area contributed by atoms with Gasteiger partial charge in [-0.3, -0.25) is 0 Å². The van der Waals surface area contributed by atoms with Crippen LogP contribution in [0.3, 0.4) is 0 Å². The van der Waals surface area contributed by atoms with E-state index in [0.29, 0.717) is 17.5 Å². The molecular weight excluding hydrogens is 206 g/mol. The van der Waals surface area contributed by atoms with Gasteiger partial charge in [-0.2, -0.15) is 0 Å². The second-order valence-corrected chi connectivity index (χ2v) is 4.80. The standard InChI is InChI=1S/C12H25NOS/c1-4-5-6-7-8-10(2)14-11(3)9-12(13)15/h10-11H,4-9H2,1-3H3,(H2,13,15). The van der Waals surface area contributed by atoms with Gasteiger partial charge in [0.05, 0.1) is 17.2 Å². The number of rotatable bonds is 9. The monoisotopic (exact) mass is 231 g/mol. The lowest BCUT2D eigenvalue weighted by Gasteiger charge is -2.18. The van der Waals surface area contributed by atoms with Crippen molar-refractivity contribution in [3.05, 3.63) is 0 Å². The highest BCUT2D eigenvalue weighted by molar-refractivity contribution is 7.80. The van der Waals surface area contributed by atoms with Gasteiger partial charge in [-0.15, -0.1) is 0 Å². The van der Waals surface area contributed by atoms with Gasteiger partial charge in [-0.05, 0) is 20.3 Å². The van der Waals surface area contributed by atoms with Crippen molar-refractivity contribution in [3.63, 3.8) is 0 Å². The third-order valence-electron chi connectivity index (χ3n) is 2.42. The summed E-state index contributed by atoms with van der Waals surface area (Å²) in [7, 11) is 0. The smallest absolute Gasteiger partial charge is 0.0753 e. The summed E-state index contributed by atoms with van der Waals surface area (Å²) in [5.74, 6) is 0. The summed E-state index contributed by atoms with van der Waals surface area (Å²) in [6, 6.07) is 0. The first-order chi connectivity index (χ1) is 7.06. The fourth-order valence-electron chi connectivity index (χ4n) is 1.65. The van der Waals surface area contributed by atoms with Gasteiger partial charge in [0.1, 0.15) is 0 Å². The van der Waals surface area contributed by atoms with Crippen LogP contribution in [-0.2, 0) is 4.74 Å². The van der Waals surface area contributed by atoms with Crippen LogP contribution in [0.15, 0.2) is 0 Å². The molecule has 2 nitrogen and oxygen atoms in total. The Morgan fingerprint density at radius 3 is 2.40 bits per heavy atom. The molecule has 0 aliphatic carbocycles. The van der Waals surface area contributed by atoms with E-state index in [1.165, 1.54) is 25.7 Å². The molecule has 0 spiro atoms. The minimum Gasteiger partial charge on any atom is -0.393 e. The van der Waals surface area contributed by atoms with Gasteiger partial charge in [0.15, 0.2) is 0 Å². The van der Waals surface area contributed by atoms with Crippen molar-refractivity contribution in [1.82, 2.24) is 0 Å². The Hall–Kier alpha value is -0.150.